The summed E-state index contributed by atoms with van der Waals surface area (Å²) in [5, 5.41) is 8.33. The Labute approximate surface area is 386 Å². The predicted octanol–water partition coefficient (Wildman–Crippen LogP) is 10.5. The highest BCUT2D eigenvalue weighted by atomic mass is 19.3. The second-order valence-corrected chi connectivity index (χ2v) is 17.3. The van der Waals surface area contributed by atoms with Crippen LogP contribution >= 0.6 is 0 Å². The average molecular weight is 919 g/mol. The molecule has 16 heteroatoms. The number of anilines is 4. The summed E-state index contributed by atoms with van der Waals surface area (Å²) in [6.07, 6.45) is 5.86. The van der Waals surface area contributed by atoms with Gasteiger partial charge in [0.1, 0.15) is 0 Å². The number of imidazole rings is 2. The van der Waals surface area contributed by atoms with Crippen LogP contribution in [0.4, 0.5) is 40.3 Å². The topological polar surface area (TPSA) is 96.0 Å². The van der Waals surface area contributed by atoms with Crippen LogP contribution in [-0.4, -0.2) is 50.9 Å². The molecule has 0 fully saturated rings. The van der Waals surface area contributed by atoms with E-state index in [0.717, 1.165) is 112 Å². The zero-order chi connectivity index (χ0) is 48.2. The molecule has 0 spiro atoms. The van der Waals surface area contributed by atoms with Crippen molar-refractivity contribution in [2.45, 2.75) is 72.6 Å². The average Bonchev–Trinajstić information content (AvgIpc) is 4.07. The third kappa shape index (κ3) is 8.24. The number of halogens is 4. The van der Waals surface area contributed by atoms with Gasteiger partial charge in [-0.25, -0.2) is 27.2 Å². The number of hydrogen-bond donors (Lipinski definition) is 0. The van der Waals surface area contributed by atoms with Crippen LogP contribution < -0.4 is 21.2 Å². The second-order valence-electron chi connectivity index (χ2n) is 17.3. The number of aromatic nitrogens is 8. The molecule has 0 aliphatic carbocycles. The molecular weight excluding hydrogens is 861 g/mol. The Kier molecular flexibility index (Phi) is 12.9. The molecule has 0 atom stereocenters. The van der Waals surface area contributed by atoms with Crippen LogP contribution in [0.1, 0.15) is 79.8 Å². The lowest BCUT2D eigenvalue weighted by molar-refractivity contribution is 0.151. The molecular formula is C51H58F4N10O2. The van der Waals surface area contributed by atoms with Crippen molar-refractivity contribution in [2.75, 3.05) is 22.9 Å². The maximum Gasteiger partial charge on any atom is 0.328 e. The SMILES string of the molecule is CC.CCc1cc2c(cc1N1CCCc3cc(-c4cnn(C)c4)c(C(F)F)cc31)n(C)c(=O)n2C.Cc1cc2c(cc1N1CCCc3cc(-c4cnn(C)c4)c(C(F)F)cc31)n(C)c(=O)n2C. The Balaban J connectivity index is 0.000000175. The molecule has 0 saturated carbocycles. The molecule has 67 heavy (non-hydrogen) atoms. The second kappa shape index (κ2) is 18.4. The third-order valence-electron chi connectivity index (χ3n) is 13.3. The number of aryl methyl sites for hydroxylation is 10. The first-order valence-electron chi connectivity index (χ1n) is 22.8. The fraction of sp³-hybridized carbons (Fsp3) is 0.373. The van der Waals surface area contributed by atoms with Crippen LogP contribution in [0.5, 0.6) is 0 Å². The molecule has 4 aromatic heterocycles. The molecule has 0 N–H and O–H groups in total. The van der Waals surface area contributed by atoms with E-state index in [4.69, 9.17) is 0 Å². The van der Waals surface area contributed by atoms with Crippen LogP contribution in [0, 0.1) is 6.92 Å². The van der Waals surface area contributed by atoms with Gasteiger partial charge in [0, 0.05) is 113 Å². The van der Waals surface area contributed by atoms with E-state index in [-0.39, 0.29) is 22.5 Å². The first kappa shape index (κ1) is 46.7. The normalized spacial score (nSPS) is 13.6. The maximum absolute atomic E-state index is 14.2. The summed E-state index contributed by atoms with van der Waals surface area (Å²) in [6, 6.07) is 15.2. The Morgan fingerprint density at radius 2 is 0.955 bits per heavy atom. The summed E-state index contributed by atoms with van der Waals surface area (Å²) in [5.41, 5.74) is 13.4. The zero-order valence-corrected chi connectivity index (χ0v) is 39.8. The minimum atomic E-state index is -2.60. The Morgan fingerprint density at radius 3 is 1.36 bits per heavy atom. The van der Waals surface area contributed by atoms with Gasteiger partial charge < -0.3 is 9.80 Å². The highest BCUT2D eigenvalue weighted by molar-refractivity contribution is 5.87. The van der Waals surface area contributed by atoms with Gasteiger partial charge in [-0.1, -0.05) is 20.8 Å². The van der Waals surface area contributed by atoms with Crippen LogP contribution in [-0.2, 0) is 61.5 Å². The fourth-order valence-corrected chi connectivity index (χ4v) is 9.82. The molecule has 6 heterocycles. The highest BCUT2D eigenvalue weighted by Gasteiger charge is 2.28. The monoisotopic (exact) mass is 918 g/mol. The maximum atomic E-state index is 14.2. The van der Waals surface area contributed by atoms with Gasteiger partial charge in [0.15, 0.2) is 0 Å². The van der Waals surface area contributed by atoms with Gasteiger partial charge in [-0.15, -0.1) is 0 Å². The minimum Gasteiger partial charge on any atom is -0.341 e. The number of hydrogen-bond acceptors (Lipinski definition) is 6. The molecule has 0 saturated heterocycles. The van der Waals surface area contributed by atoms with Crippen molar-refractivity contribution in [1.29, 1.82) is 0 Å². The Bertz CT molecular complexity index is 3280. The fourth-order valence-electron chi connectivity index (χ4n) is 9.82. The lowest BCUT2D eigenvalue weighted by atomic mass is 9.92. The van der Waals surface area contributed by atoms with Crippen molar-refractivity contribution in [1.82, 2.24) is 37.8 Å². The van der Waals surface area contributed by atoms with E-state index in [0.29, 0.717) is 22.3 Å². The molecule has 0 bridgehead atoms. The molecule has 2 aliphatic rings. The summed E-state index contributed by atoms with van der Waals surface area (Å²) in [4.78, 5) is 29.2. The van der Waals surface area contributed by atoms with Crippen molar-refractivity contribution in [3.8, 4) is 22.3 Å². The van der Waals surface area contributed by atoms with Crippen LogP contribution in [0.15, 0.2) is 82.9 Å². The lowest BCUT2D eigenvalue weighted by Gasteiger charge is -2.34. The molecule has 0 amide bonds. The van der Waals surface area contributed by atoms with Crippen molar-refractivity contribution < 1.29 is 17.6 Å². The van der Waals surface area contributed by atoms with Crippen molar-refractivity contribution in [3.05, 3.63) is 128 Å². The molecule has 8 aromatic rings. The molecule has 10 rings (SSSR count). The van der Waals surface area contributed by atoms with Gasteiger partial charge in [-0.05, 0) is 121 Å². The molecule has 4 aromatic carbocycles. The van der Waals surface area contributed by atoms with Gasteiger partial charge in [-0.3, -0.25) is 27.6 Å². The number of nitrogens with zero attached hydrogens (tertiary/aromatic N) is 10. The molecule has 12 nitrogen and oxygen atoms in total. The van der Waals surface area contributed by atoms with E-state index in [2.05, 4.69) is 33.0 Å². The van der Waals surface area contributed by atoms with E-state index in [1.165, 1.54) is 0 Å². The van der Waals surface area contributed by atoms with E-state index in [9.17, 15) is 27.2 Å². The summed E-state index contributed by atoms with van der Waals surface area (Å²) < 4.78 is 66.4. The Morgan fingerprint density at radius 1 is 0.552 bits per heavy atom. The molecule has 0 radical (unpaired) electrons. The Hall–Kier alpha value is -6.84. The van der Waals surface area contributed by atoms with Gasteiger partial charge in [-0.2, -0.15) is 10.2 Å². The van der Waals surface area contributed by atoms with Gasteiger partial charge in [0.2, 0.25) is 0 Å². The molecule has 2 aliphatic heterocycles. The first-order chi connectivity index (χ1) is 32.1. The van der Waals surface area contributed by atoms with Gasteiger partial charge in [0.05, 0.1) is 34.5 Å². The standard InChI is InChI=1S/C25H27F2N5O.C24H25F2N5O.C2H6/c1-5-15-10-22-23(31(4)25(33)30(22)3)12-21(15)32-8-6-7-16-9-18(17-13-28-29(2)14-17)19(24(26)27)11-20(16)32;1-14-8-21-22(30(4)24(32)29(21)3)11-19(14)31-7-5-6-15-9-17(16-12-27-28(2)13-16)18(23(25)26)10-20(15)31;1-2/h9-14,24H,5-8H2,1-4H3;8-13,23H,5-7H2,1-4H3;1-2H3. The number of alkyl halides is 4. The van der Waals surface area contributed by atoms with Crippen molar-refractivity contribution in [2.24, 2.45) is 42.3 Å². The van der Waals surface area contributed by atoms with E-state index >= 15 is 0 Å². The van der Waals surface area contributed by atoms with Crippen LogP contribution in [0.2, 0.25) is 0 Å². The third-order valence-corrected chi connectivity index (χ3v) is 13.3. The number of fused-ring (bicyclic) bond motifs is 4. The van der Waals surface area contributed by atoms with Crippen molar-refractivity contribution in [3.63, 3.8) is 0 Å². The lowest BCUT2D eigenvalue weighted by Crippen LogP contribution is -2.26. The quantitative estimate of drug-likeness (QED) is 0.148. The van der Waals surface area contributed by atoms with Crippen molar-refractivity contribution >= 4 is 44.8 Å². The van der Waals surface area contributed by atoms with E-state index < -0.39 is 12.9 Å². The van der Waals surface area contributed by atoms with E-state index in [1.807, 2.05) is 51.1 Å². The van der Waals surface area contributed by atoms with Crippen LogP contribution in [0.25, 0.3) is 44.3 Å². The summed E-state index contributed by atoms with van der Waals surface area (Å²) in [7, 11) is 10.6. The van der Waals surface area contributed by atoms with Gasteiger partial charge >= 0.3 is 11.4 Å². The molecule has 0 unspecified atom stereocenters. The predicted molar refractivity (Wildman–Crippen MR) is 260 cm³/mol. The summed E-state index contributed by atoms with van der Waals surface area (Å²) in [5.74, 6) is 0. The minimum absolute atomic E-state index is 0.00879. The first-order valence-corrected chi connectivity index (χ1v) is 22.8. The number of benzene rings is 4. The van der Waals surface area contributed by atoms with E-state index in [1.54, 1.807) is 107 Å². The van der Waals surface area contributed by atoms with Crippen LogP contribution in [0.3, 0.4) is 0 Å². The zero-order valence-electron chi connectivity index (χ0n) is 39.8. The summed E-state index contributed by atoms with van der Waals surface area (Å²) >= 11 is 0. The smallest absolute Gasteiger partial charge is 0.328 e. The van der Waals surface area contributed by atoms with Gasteiger partial charge in [0.25, 0.3) is 12.9 Å². The number of rotatable bonds is 7. The highest BCUT2D eigenvalue weighted by Crippen LogP contribution is 2.44. The molecule has 352 valence electrons. The summed E-state index contributed by atoms with van der Waals surface area (Å²) in [6.45, 7) is 9.54. The largest absolute Gasteiger partial charge is 0.341 e.